The van der Waals surface area contributed by atoms with E-state index in [4.69, 9.17) is 14.2 Å². The van der Waals surface area contributed by atoms with Crippen LogP contribution in [0.25, 0.3) is 0 Å². The van der Waals surface area contributed by atoms with E-state index >= 15 is 0 Å². The minimum Gasteiger partial charge on any atom is -0.323 e. The lowest BCUT2D eigenvalue weighted by atomic mass is 9.78. The van der Waals surface area contributed by atoms with E-state index in [1.54, 1.807) is 0 Å². The van der Waals surface area contributed by atoms with Crippen LogP contribution in [0.4, 0.5) is 13.2 Å². The molecule has 3 nitrogen and oxygen atoms in total. The molecule has 0 atom stereocenters. The van der Waals surface area contributed by atoms with Crippen molar-refractivity contribution in [3.8, 4) is 0 Å². The van der Waals surface area contributed by atoms with Gasteiger partial charge in [-0.05, 0) is 61.6 Å². The van der Waals surface area contributed by atoms with Crippen molar-refractivity contribution in [2.24, 2.45) is 11.3 Å². The molecule has 166 valence electrons. The minimum absolute atomic E-state index is 0.0114. The molecule has 4 aliphatic rings. The number of benzene rings is 1. The van der Waals surface area contributed by atoms with Crippen LogP contribution in [0.2, 0.25) is 0 Å². The summed E-state index contributed by atoms with van der Waals surface area (Å²) in [4.78, 5) is 0. The average molecular weight is 425 g/mol. The molecule has 0 spiro atoms. The number of rotatable bonds is 7. The maximum atomic E-state index is 13.5. The van der Waals surface area contributed by atoms with Crippen molar-refractivity contribution >= 4 is 0 Å². The number of hydrogen-bond donors (Lipinski definition) is 0. The van der Waals surface area contributed by atoms with Gasteiger partial charge in [-0.2, -0.15) is 0 Å². The van der Waals surface area contributed by atoms with Gasteiger partial charge < -0.3 is 14.2 Å². The molecule has 3 heterocycles. The van der Waals surface area contributed by atoms with Crippen molar-refractivity contribution in [3.05, 3.63) is 47.3 Å². The van der Waals surface area contributed by atoms with Crippen LogP contribution in [0.1, 0.15) is 69.8 Å². The van der Waals surface area contributed by atoms with Crippen molar-refractivity contribution in [2.75, 3.05) is 19.8 Å². The van der Waals surface area contributed by atoms with Gasteiger partial charge in [0.25, 0.3) is 0 Å². The minimum atomic E-state index is -1.40. The first kappa shape index (κ1) is 21.8. The lowest BCUT2D eigenvalue weighted by Crippen LogP contribution is -2.59. The maximum Gasteiger partial charge on any atom is 0.304 e. The Morgan fingerprint density at radius 2 is 1.53 bits per heavy atom. The molecule has 1 aliphatic carbocycles. The number of ether oxygens (including phenoxy) is 3. The highest BCUT2D eigenvalue weighted by molar-refractivity contribution is 5.24. The molecule has 1 saturated carbocycles. The largest absolute Gasteiger partial charge is 0.323 e. The van der Waals surface area contributed by atoms with Crippen LogP contribution in [-0.4, -0.2) is 25.8 Å². The Hall–Kier alpha value is -1.37. The quantitative estimate of drug-likeness (QED) is 0.295. The fourth-order valence-electron chi connectivity index (χ4n) is 4.83. The molecule has 0 aromatic heterocycles. The zero-order chi connectivity index (χ0) is 21.2. The van der Waals surface area contributed by atoms with Gasteiger partial charge in [-0.15, -0.1) is 0 Å². The molecule has 5 rings (SSSR count). The van der Waals surface area contributed by atoms with Crippen LogP contribution >= 0.6 is 0 Å². The third kappa shape index (κ3) is 4.61. The summed E-state index contributed by atoms with van der Waals surface area (Å²) in [6, 6.07) is 2.26. The van der Waals surface area contributed by atoms with Gasteiger partial charge in [0.05, 0.1) is 19.8 Å². The molecule has 1 aromatic carbocycles. The molecular weight excluding hydrogens is 393 g/mol. The predicted molar refractivity (Wildman–Crippen MR) is 107 cm³/mol. The summed E-state index contributed by atoms with van der Waals surface area (Å²) in [5, 5.41) is 0. The Balaban J connectivity index is 1.29. The summed E-state index contributed by atoms with van der Waals surface area (Å²) in [6.07, 6.45) is 12.0. The second-order valence-corrected chi connectivity index (χ2v) is 9.20. The van der Waals surface area contributed by atoms with Crippen molar-refractivity contribution in [2.45, 2.75) is 70.2 Å². The van der Waals surface area contributed by atoms with Gasteiger partial charge in [-0.1, -0.05) is 32.3 Å². The van der Waals surface area contributed by atoms with Crippen molar-refractivity contribution in [1.82, 2.24) is 0 Å². The first-order chi connectivity index (χ1) is 14.4. The SMILES string of the molecule is CCCCCC12COC(/C=C/C3CCC(c4cc(F)c(F)c(F)c4)CC3)(OC1)OC2. The highest BCUT2D eigenvalue weighted by Gasteiger charge is 2.51. The molecule has 3 saturated heterocycles. The zero-order valence-electron chi connectivity index (χ0n) is 17.6. The Bertz CT molecular complexity index is 723. The first-order valence-electron chi connectivity index (χ1n) is 11.2. The van der Waals surface area contributed by atoms with Crippen molar-refractivity contribution in [1.29, 1.82) is 0 Å². The van der Waals surface area contributed by atoms with Crippen LogP contribution in [-0.2, 0) is 14.2 Å². The third-order valence-corrected chi connectivity index (χ3v) is 6.87. The molecule has 6 heteroatoms. The van der Waals surface area contributed by atoms with E-state index in [0.29, 0.717) is 31.3 Å². The molecule has 3 aliphatic heterocycles. The standard InChI is InChI=1S/C24H31F3O3/c1-2-3-4-10-23-14-28-24(29-15-23,30-16-23)11-9-17-5-7-18(8-6-17)19-12-20(25)22(27)21(26)13-19/h9,11-13,17-18H,2-8,10,14-16H2,1H3/b11-9+. The van der Waals surface area contributed by atoms with E-state index < -0.39 is 23.4 Å². The monoisotopic (exact) mass is 424 g/mol. The zero-order valence-corrected chi connectivity index (χ0v) is 17.6. The molecule has 2 bridgehead atoms. The predicted octanol–water partition coefficient (Wildman–Crippen LogP) is 6.23. The summed E-state index contributed by atoms with van der Waals surface area (Å²) in [5.41, 5.74) is 0.532. The molecule has 0 unspecified atom stereocenters. The van der Waals surface area contributed by atoms with Gasteiger partial charge in [-0.3, -0.25) is 0 Å². The topological polar surface area (TPSA) is 27.7 Å². The van der Waals surface area contributed by atoms with Crippen LogP contribution in [0, 0.1) is 28.8 Å². The number of halogens is 3. The first-order valence-corrected chi connectivity index (χ1v) is 11.2. The Kier molecular flexibility index (Phi) is 6.56. The van der Waals surface area contributed by atoms with Crippen LogP contribution in [0.3, 0.4) is 0 Å². The summed E-state index contributed by atoms with van der Waals surface area (Å²) in [5.74, 6) is -4.30. The van der Waals surface area contributed by atoms with E-state index in [2.05, 4.69) is 13.0 Å². The molecule has 30 heavy (non-hydrogen) atoms. The van der Waals surface area contributed by atoms with Gasteiger partial charge >= 0.3 is 5.97 Å². The van der Waals surface area contributed by atoms with E-state index in [1.807, 2.05) is 6.08 Å². The molecule has 1 aromatic rings. The summed E-state index contributed by atoms with van der Waals surface area (Å²) in [7, 11) is 0. The summed E-state index contributed by atoms with van der Waals surface area (Å²) >= 11 is 0. The molecule has 0 radical (unpaired) electrons. The number of unbranched alkanes of at least 4 members (excludes halogenated alkanes) is 2. The van der Waals surface area contributed by atoms with Gasteiger partial charge in [0.2, 0.25) is 0 Å². The lowest BCUT2D eigenvalue weighted by Gasteiger charge is -2.51. The van der Waals surface area contributed by atoms with Crippen LogP contribution in [0.15, 0.2) is 24.3 Å². The fraction of sp³-hybridized carbons (Fsp3) is 0.667. The Morgan fingerprint density at radius 3 is 2.10 bits per heavy atom. The molecular formula is C24H31F3O3. The van der Waals surface area contributed by atoms with E-state index in [9.17, 15) is 13.2 Å². The fourth-order valence-corrected chi connectivity index (χ4v) is 4.83. The molecule has 4 fully saturated rings. The third-order valence-electron chi connectivity index (χ3n) is 6.87. The average Bonchev–Trinajstić information content (AvgIpc) is 2.78. The van der Waals surface area contributed by atoms with Gasteiger partial charge in [0.1, 0.15) is 0 Å². The van der Waals surface area contributed by atoms with Crippen molar-refractivity contribution < 1.29 is 27.4 Å². The molecule has 0 N–H and O–H groups in total. The number of allylic oxidation sites excluding steroid dienone is 1. The summed E-state index contributed by atoms with van der Waals surface area (Å²) in [6.45, 7) is 4.18. The van der Waals surface area contributed by atoms with Crippen LogP contribution in [0.5, 0.6) is 0 Å². The molecule has 0 amide bonds. The smallest absolute Gasteiger partial charge is 0.304 e. The maximum absolute atomic E-state index is 13.5. The van der Waals surface area contributed by atoms with E-state index in [0.717, 1.165) is 44.2 Å². The van der Waals surface area contributed by atoms with Crippen LogP contribution < -0.4 is 0 Å². The second-order valence-electron chi connectivity index (χ2n) is 9.20. The highest BCUT2D eigenvalue weighted by Crippen LogP contribution is 2.43. The Labute approximate surface area is 176 Å². The second kappa shape index (κ2) is 9.01. The van der Waals surface area contributed by atoms with E-state index in [-0.39, 0.29) is 11.3 Å². The van der Waals surface area contributed by atoms with E-state index in [1.165, 1.54) is 19.3 Å². The lowest BCUT2D eigenvalue weighted by molar-refractivity contribution is -0.444. The summed E-state index contributed by atoms with van der Waals surface area (Å²) < 4.78 is 58.2. The number of fused-ring (bicyclic) bond motifs is 3. The van der Waals surface area contributed by atoms with Gasteiger partial charge in [0, 0.05) is 11.5 Å². The Morgan fingerprint density at radius 1 is 0.933 bits per heavy atom. The number of hydrogen-bond acceptors (Lipinski definition) is 3. The van der Waals surface area contributed by atoms with Gasteiger partial charge in [0.15, 0.2) is 17.5 Å². The highest BCUT2D eigenvalue weighted by atomic mass is 19.2. The van der Waals surface area contributed by atoms with Gasteiger partial charge in [-0.25, -0.2) is 13.2 Å². The van der Waals surface area contributed by atoms with Crippen molar-refractivity contribution in [3.63, 3.8) is 0 Å². The normalized spacial score (nSPS) is 34.0.